The van der Waals surface area contributed by atoms with Gasteiger partial charge in [0.05, 0.1) is 19.4 Å². The SMILES string of the molecule is COCCNC(=O)c1cc(C2CC2)n(-c2ccc(OC)cc2)n1. The molecule has 0 unspecified atom stereocenters. The lowest BCUT2D eigenvalue weighted by molar-refractivity contribution is 0.0931. The number of benzene rings is 1. The summed E-state index contributed by atoms with van der Waals surface area (Å²) in [5.41, 5.74) is 2.47. The molecule has 0 spiro atoms. The van der Waals surface area contributed by atoms with Gasteiger partial charge in [-0.05, 0) is 43.2 Å². The molecule has 1 N–H and O–H groups in total. The first-order valence-electron chi connectivity index (χ1n) is 7.74. The van der Waals surface area contributed by atoms with Crippen LogP contribution in [0.3, 0.4) is 0 Å². The van der Waals surface area contributed by atoms with E-state index in [0.29, 0.717) is 24.8 Å². The van der Waals surface area contributed by atoms with Gasteiger partial charge in [-0.15, -0.1) is 0 Å². The molecule has 0 saturated heterocycles. The van der Waals surface area contributed by atoms with Gasteiger partial charge in [0.1, 0.15) is 5.75 Å². The minimum atomic E-state index is -0.170. The van der Waals surface area contributed by atoms with Crippen LogP contribution in [0.15, 0.2) is 30.3 Å². The van der Waals surface area contributed by atoms with Crippen molar-refractivity contribution in [3.8, 4) is 11.4 Å². The van der Waals surface area contributed by atoms with Gasteiger partial charge in [0.25, 0.3) is 5.91 Å². The van der Waals surface area contributed by atoms with Crippen LogP contribution in [0.1, 0.15) is 34.9 Å². The molecular weight excluding hydrogens is 294 g/mol. The molecule has 0 atom stereocenters. The second-order valence-corrected chi connectivity index (χ2v) is 5.59. The van der Waals surface area contributed by atoms with Crippen molar-refractivity contribution in [2.45, 2.75) is 18.8 Å². The third-order valence-electron chi connectivity index (χ3n) is 3.87. The van der Waals surface area contributed by atoms with Crippen LogP contribution in [-0.4, -0.2) is 43.1 Å². The van der Waals surface area contributed by atoms with E-state index in [4.69, 9.17) is 9.47 Å². The van der Waals surface area contributed by atoms with Crippen LogP contribution < -0.4 is 10.1 Å². The van der Waals surface area contributed by atoms with E-state index in [0.717, 1.165) is 30.0 Å². The number of rotatable bonds is 7. The van der Waals surface area contributed by atoms with Crippen molar-refractivity contribution in [3.05, 3.63) is 41.7 Å². The average Bonchev–Trinajstić information content (AvgIpc) is 3.33. The Morgan fingerprint density at radius 2 is 2.04 bits per heavy atom. The highest BCUT2D eigenvalue weighted by molar-refractivity contribution is 5.92. The highest BCUT2D eigenvalue weighted by atomic mass is 16.5. The quantitative estimate of drug-likeness (QED) is 0.795. The lowest BCUT2D eigenvalue weighted by atomic mass is 10.2. The lowest BCUT2D eigenvalue weighted by Crippen LogP contribution is -2.27. The minimum Gasteiger partial charge on any atom is -0.497 e. The van der Waals surface area contributed by atoms with Crippen LogP contribution in [0.25, 0.3) is 5.69 Å². The zero-order chi connectivity index (χ0) is 16.2. The fraction of sp³-hybridized carbons (Fsp3) is 0.412. The molecule has 0 bridgehead atoms. The molecule has 0 aliphatic heterocycles. The van der Waals surface area contributed by atoms with E-state index < -0.39 is 0 Å². The third-order valence-corrected chi connectivity index (χ3v) is 3.87. The van der Waals surface area contributed by atoms with E-state index in [-0.39, 0.29) is 5.91 Å². The number of carbonyl (C=O) groups is 1. The van der Waals surface area contributed by atoms with E-state index in [1.165, 1.54) is 0 Å². The fourth-order valence-corrected chi connectivity index (χ4v) is 2.46. The normalized spacial score (nSPS) is 13.8. The second-order valence-electron chi connectivity index (χ2n) is 5.59. The van der Waals surface area contributed by atoms with Crippen LogP contribution in [-0.2, 0) is 4.74 Å². The zero-order valence-corrected chi connectivity index (χ0v) is 13.4. The molecule has 0 radical (unpaired) electrons. The van der Waals surface area contributed by atoms with Crippen molar-refractivity contribution in [3.63, 3.8) is 0 Å². The van der Waals surface area contributed by atoms with Crippen molar-refractivity contribution < 1.29 is 14.3 Å². The molecule has 1 saturated carbocycles. The molecular formula is C17H21N3O3. The summed E-state index contributed by atoms with van der Waals surface area (Å²) in [7, 11) is 3.25. The molecule has 1 fully saturated rings. The van der Waals surface area contributed by atoms with Gasteiger partial charge in [0.2, 0.25) is 0 Å². The van der Waals surface area contributed by atoms with E-state index in [1.807, 2.05) is 35.0 Å². The number of nitrogens with zero attached hydrogens (tertiary/aromatic N) is 2. The number of carbonyl (C=O) groups excluding carboxylic acids is 1. The van der Waals surface area contributed by atoms with Crippen molar-refractivity contribution in [1.29, 1.82) is 0 Å². The van der Waals surface area contributed by atoms with Crippen LogP contribution in [0.5, 0.6) is 5.75 Å². The largest absolute Gasteiger partial charge is 0.497 e. The Bertz CT molecular complexity index is 675. The Labute approximate surface area is 135 Å². The van der Waals surface area contributed by atoms with Crippen LogP contribution >= 0.6 is 0 Å². The minimum absolute atomic E-state index is 0.170. The Hall–Kier alpha value is -2.34. The van der Waals surface area contributed by atoms with Gasteiger partial charge in [-0.2, -0.15) is 5.10 Å². The number of ether oxygens (including phenoxy) is 2. The van der Waals surface area contributed by atoms with Crippen LogP contribution in [0.2, 0.25) is 0 Å². The van der Waals surface area contributed by atoms with E-state index >= 15 is 0 Å². The maximum atomic E-state index is 12.2. The third kappa shape index (κ3) is 3.53. The summed E-state index contributed by atoms with van der Waals surface area (Å²) >= 11 is 0. The van der Waals surface area contributed by atoms with Gasteiger partial charge in [0.15, 0.2) is 5.69 Å². The van der Waals surface area contributed by atoms with Crippen molar-refractivity contribution in [1.82, 2.24) is 15.1 Å². The van der Waals surface area contributed by atoms with E-state index in [2.05, 4.69) is 10.4 Å². The van der Waals surface area contributed by atoms with Gasteiger partial charge in [-0.3, -0.25) is 4.79 Å². The maximum absolute atomic E-state index is 12.2. The van der Waals surface area contributed by atoms with Crippen molar-refractivity contribution in [2.75, 3.05) is 27.4 Å². The van der Waals surface area contributed by atoms with Gasteiger partial charge < -0.3 is 14.8 Å². The summed E-state index contributed by atoms with van der Waals surface area (Å²) in [6, 6.07) is 9.58. The first kappa shape index (κ1) is 15.6. The number of hydrogen-bond acceptors (Lipinski definition) is 4. The summed E-state index contributed by atoms with van der Waals surface area (Å²) in [5, 5.41) is 7.31. The molecule has 1 heterocycles. The second kappa shape index (κ2) is 6.83. The summed E-state index contributed by atoms with van der Waals surface area (Å²) in [4.78, 5) is 12.2. The standard InChI is InChI=1S/C17H21N3O3/c1-22-10-9-18-17(21)15-11-16(12-3-4-12)20(19-15)13-5-7-14(23-2)8-6-13/h5-8,11-12H,3-4,9-10H2,1-2H3,(H,18,21). The number of hydrogen-bond donors (Lipinski definition) is 1. The Morgan fingerprint density at radius 3 is 2.65 bits per heavy atom. The first-order chi connectivity index (χ1) is 11.2. The van der Waals surface area contributed by atoms with Crippen molar-refractivity contribution >= 4 is 5.91 Å². The summed E-state index contributed by atoms with van der Waals surface area (Å²) in [5.74, 6) is 1.12. The molecule has 1 aromatic heterocycles. The Balaban J connectivity index is 1.85. The zero-order valence-electron chi connectivity index (χ0n) is 13.4. The predicted octanol–water partition coefficient (Wildman–Crippen LogP) is 2.13. The molecule has 1 aromatic carbocycles. The average molecular weight is 315 g/mol. The van der Waals surface area contributed by atoms with Gasteiger partial charge in [-0.1, -0.05) is 0 Å². The highest BCUT2D eigenvalue weighted by Crippen LogP contribution is 2.41. The summed E-state index contributed by atoms with van der Waals surface area (Å²) in [6.07, 6.45) is 2.29. The molecule has 1 amide bonds. The van der Waals surface area contributed by atoms with Gasteiger partial charge in [0, 0.05) is 25.3 Å². The highest BCUT2D eigenvalue weighted by Gasteiger charge is 2.29. The number of methoxy groups -OCH3 is 2. The maximum Gasteiger partial charge on any atom is 0.271 e. The summed E-state index contributed by atoms with van der Waals surface area (Å²) in [6.45, 7) is 0.962. The number of nitrogens with one attached hydrogen (secondary N) is 1. The Morgan fingerprint density at radius 1 is 1.30 bits per heavy atom. The molecule has 6 nitrogen and oxygen atoms in total. The molecule has 6 heteroatoms. The molecule has 1 aliphatic rings. The topological polar surface area (TPSA) is 65.4 Å². The molecule has 122 valence electrons. The smallest absolute Gasteiger partial charge is 0.271 e. The molecule has 2 aromatic rings. The lowest BCUT2D eigenvalue weighted by Gasteiger charge is -2.07. The summed E-state index contributed by atoms with van der Waals surface area (Å²) < 4.78 is 12.0. The van der Waals surface area contributed by atoms with E-state index in [9.17, 15) is 4.79 Å². The van der Waals surface area contributed by atoms with Crippen molar-refractivity contribution in [2.24, 2.45) is 0 Å². The first-order valence-corrected chi connectivity index (χ1v) is 7.74. The Kier molecular flexibility index (Phi) is 4.62. The van der Waals surface area contributed by atoms with Crippen LogP contribution in [0, 0.1) is 0 Å². The predicted molar refractivity (Wildman–Crippen MR) is 86.3 cm³/mol. The van der Waals surface area contributed by atoms with E-state index in [1.54, 1.807) is 14.2 Å². The molecule has 1 aliphatic carbocycles. The van der Waals surface area contributed by atoms with Crippen LogP contribution in [0.4, 0.5) is 0 Å². The molecule has 23 heavy (non-hydrogen) atoms. The number of aromatic nitrogens is 2. The van der Waals surface area contributed by atoms with Gasteiger partial charge >= 0.3 is 0 Å². The monoisotopic (exact) mass is 315 g/mol. The fourth-order valence-electron chi connectivity index (χ4n) is 2.46. The van der Waals surface area contributed by atoms with Gasteiger partial charge in [-0.25, -0.2) is 4.68 Å². The number of amides is 1. The molecule has 3 rings (SSSR count).